The van der Waals surface area contributed by atoms with Gasteiger partial charge in [0.15, 0.2) is 5.88 Å². The van der Waals surface area contributed by atoms with Crippen molar-refractivity contribution in [2.24, 2.45) is 0 Å². The average molecular weight is 477 g/mol. The molecule has 1 fully saturated rings. The van der Waals surface area contributed by atoms with Gasteiger partial charge in [-0.1, -0.05) is 6.07 Å². The summed E-state index contributed by atoms with van der Waals surface area (Å²) in [6.07, 6.45) is 2.08. The van der Waals surface area contributed by atoms with Crippen LogP contribution in [-0.2, 0) is 16.1 Å². The number of nitrogens with one attached hydrogen (secondary N) is 2. The number of fused-ring (bicyclic) bond motifs is 1. The fourth-order valence-electron chi connectivity index (χ4n) is 3.66. The van der Waals surface area contributed by atoms with Crippen molar-refractivity contribution in [3.63, 3.8) is 0 Å². The largest absolute Gasteiger partial charge is 0.494 e. The number of carbonyl (C=O) groups excluding carboxylic acids is 3. The Morgan fingerprint density at radius 2 is 1.91 bits per heavy atom. The summed E-state index contributed by atoms with van der Waals surface area (Å²) in [5, 5.41) is 16.7. The summed E-state index contributed by atoms with van der Waals surface area (Å²) in [5.74, 6) is -1.36. The minimum Gasteiger partial charge on any atom is -0.494 e. The first-order valence-corrected chi connectivity index (χ1v) is 10.7. The number of nitrogens with zero attached hydrogens (tertiary/aromatic N) is 1. The Morgan fingerprint density at radius 1 is 1.18 bits per heavy atom. The number of hydrogen-bond donors (Lipinski definition) is 3. The lowest BCUT2D eigenvalue weighted by atomic mass is 10.1. The molecule has 2 heterocycles. The van der Waals surface area contributed by atoms with Gasteiger partial charge in [0.25, 0.3) is 5.91 Å². The van der Waals surface area contributed by atoms with Crippen LogP contribution in [0, 0.1) is 0 Å². The molecule has 33 heavy (non-hydrogen) atoms. The van der Waals surface area contributed by atoms with Crippen LogP contribution in [0.2, 0.25) is 0 Å². The number of alkyl halides is 3. The van der Waals surface area contributed by atoms with Gasteiger partial charge in [-0.3, -0.25) is 19.7 Å². The van der Waals surface area contributed by atoms with Crippen LogP contribution >= 0.6 is 11.8 Å². The summed E-state index contributed by atoms with van der Waals surface area (Å²) in [6.45, 7) is 0.151. The quantitative estimate of drug-likeness (QED) is 0.383. The molecule has 11 heteroatoms. The summed E-state index contributed by atoms with van der Waals surface area (Å²) in [7, 11) is 0. The Balaban J connectivity index is 1.44. The van der Waals surface area contributed by atoms with E-state index in [1.807, 2.05) is 0 Å². The van der Waals surface area contributed by atoms with Gasteiger partial charge in [-0.05, 0) is 60.1 Å². The van der Waals surface area contributed by atoms with Crippen LogP contribution in [0.5, 0.6) is 5.88 Å². The van der Waals surface area contributed by atoms with Crippen LogP contribution < -0.4 is 10.6 Å². The highest BCUT2D eigenvalue weighted by atomic mass is 32.2. The topological polar surface area (TPSA) is 100 Å². The molecule has 0 bridgehead atoms. The number of halogens is 3. The summed E-state index contributed by atoms with van der Waals surface area (Å²) < 4.78 is 38.7. The first kappa shape index (κ1) is 22.7. The van der Waals surface area contributed by atoms with E-state index in [9.17, 15) is 32.7 Å². The summed E-state index contributed by atoms with van der Waals surface area (Å²) in [6, 6.07) is 9.55. The van der Waals surface area contributed by atoms with Crippen molar-refractivity contribution in [1.82, 2.24) is 15.2 Å². The maximum Gasteiger partial charge on any atom is 0.446 e. The Hall–Kier alpha value is -3.47. The van der Waals surface area contributed by atoms with Gasteiger partial charge < -0.3 is 15.0 Å². The van der Waals surface area contributed by atoms with E-state index in [0.717, 1.165) is 5.56 Å². The van der Waals surface area contributed by atoms with E-state index in [4.69, 9.17) is 0 Å². The molecule has 2 aromatic carbocycles. The van der Waals surface area contributed by atoms with Gasteiger partial charge in [-0.25, -0.2) is 0 Å². The molecule has 1 saturated heterocycles. The molecule has 3 N–H and O–H groups in total. The van der Waals surface area contributed by atoms with Crippen molar-refractivity contribution < 1.29 is 32.7 Å². The molecule has 0 radical (unpaired) electrons. The molecule has 4 rings (SSSR count). The highest BCUT2D eigenvalue weighted by Gasteiger charge is 2.30. The molecule has 0 spiro atoms. The second-order valence-electron chi connectivity index (χ2n) is 7.50. The van der Waals surface area contributed by atoms with Crippen LogP contribution in [0.3, 0.4) is 0 Å². The van der Waals surface area contributed by atoms with E-state index in [1.165, 1.54) is 28.8 Å². The van der Waals surface area contributed by atoms with E-state index in [2.05, 4.69) is 10.6 Å². The summed E-state index contributed by atoms with van der Waals surface area (Å²) in [4.78, 5) is 35.8. The van der Waals surface area contributed by atoms with E-state index < -0.39 is 23.4 Å². The van der Waals surface area contributed by atoms with E-state index in [0.29, 0.717) is 10.8 Å². The highest BCUT2D eigenvalue weighted by Crippen LogP contribution is 2.37. The van der Waals surface area contributed by atoms with Crippen molar-refractivity contribution in [1.29, 1.82) is 0 Å². The lowest BCUT2D eigenvalue weighted by molar-refractivity contribution is -0.135. The van der Waals surface area contributed by atoms with Crippen molar-refractivity contribution in [3.05, 3.63) is 59.8 Å². The monoisotopic (exact) mass is 477 g/mol. The molecular weight excluding hydrogens is 459 g/mol. The number of rotatable bonds is 5. The number of benzene rings is 2. The maximum atomic E-state index is 12.4. The number of carbonyl (C=O) groups is 3. The van der Waals surface area contributed by atoms with Gasteiger partial charge in [-0.15, -0.1) is 0 Å². The standard InChI is InChI=1S/C22H18F3N3O4S/c23-22(24,25)33-15-4-2-13(3-5-15)19(30)26-10-12-1-6-16-14(9-12)11-28(21(16)32)17-7-8-18(29)27-20(17)31/h1-6,9,11,17,32H,7-8,10H2,(H,26,30)(H,27,29,31). The first-order valence-electron chi connectivity index (χ1n) is 9.91. The number of aromatic nitrogens is 1. The third kappa shape index (κ3) is 5.14. The predicted molar refractivity (Wildman–Crippen MR) is 115 cm³/mol. The van der Waals surface area contributed by atoms with Crippen molar-refractivity contribution in [3.8, 4) is 5.88 Å². The molecule has 3 aromatic rings. The second-order valence-corrected chi connectivity index (χ2v) is 8.64. The fraction of sp³-hybridized carbons (Fsp3) is 0.227. The zero-order valence-electron chi connectivity index (χ0n) is 17.0. The molecule has 1 aromatic heterocycles. The maximum absolute atomic E-state index is 12.4. The summed E-state index contributed by atoms with van der Waals surface area (Å²) >= 11 is -0.250. The van der Waals surface area contributed by atoms with Crippen molar-refractivity contribution in [2.45, 2.75) is 35.8 Å². The number of amides is 3. The molecule has 1 unspecified atom stereocenters. The molecule has 0 saturated carbocycles. The highest BCUT2D eigenvalue weighted by molar-refractivity contribution is 8.00. The molecule has 7 nitrogen and oxygen atoms in total. The van der Waals surface area contributed by atoms with Crippen LogP contribution in [0.25, 0.3) is 10.8 Å². The summed E-state index contributed by atoms with van der Waals surface area (Å²) in [5.41, 5.74) is -3.45. The van der Waals surface area contributed by atoms with E-state index >= 15 is 0 Å². The number of imide groups is 1. The van der Waals surface area contributed by atoms with Gasteiger partial charge >= 0.3 is 5.51 Å². The minimum atomic E-state index is -4.39. The number of piperidine rings is 1. The smallest absolute Gasteiger partial charge is 0.446 e. The lowest BCUT2D eigenvalue weighted by Gasteiger charge is -2.22. The SMILES string of the molecule is O=C1CCC(n2cc3cc(CNC(=O)c4ccc(SC(F)(F)F)cc4)ccc3c2O)C(=O)N1. The van der Waals surface area contributed by atoms with Crippen LogP contribution in [0.1, 0.15) is 34.8 Å². The molecule has 172 valence electrons. The third-order valence-electron chi connectivity index (χ3n) is 5.23. The predicted octanol–water partition coefficient (Wildman–Crippen LogP) is 3.87. The van der Waals surface area contributed by atoms with Gasteiger partial charge in [0.05, 0.1) is 0 Å². The van der Waals surface area contributed by atoms with Gasteiger partial charge in [0.1, 0.15) is 6.04 Å². The molecule has 1 aliphatic heterocycles. The Morgan fingerprint density at radius 3 is 2.58 bits per heavy atom. The van der Waals surface area contributed by atoms with Crippen molar-refractivity contribution >= 4 is 40.3 Å². The first-order chi connectivity index (χ1) is 15.6. The average Bonchev–Trinajstić information content (AvgIpc) is 3.07. The molecule has 1 aliphatic rings. The zero-order valence-corrected chi connectivity index (χ0v) is 17.8. The number of aromatic hydroxyl groups is 1. The van der Waals surface area contributed by atoms with Gasteiger partial charge in [0.2, 0.25) is 11.8 Å². The molecule has 3 amide bonds. The van der Waals surface area contributed by atoms with Crippen molar-refractivity contribution in [2.75, 3.05) is 0 Å². The number of hydrogen-bond acceptors (Lipinski definition) is 5. The Labute approximate surface area is 190 Å². The van der Waals surface area contributed by atoms with Gasteiger partial charge in [-0.2, -0.15) is 13.2 Å². The Bertz CT molecular complexity index is 1240. The Kier molecular flexibility index (Phi) is 6.07. The molecule has 1 atom stereocenters. The zero-order chi connectivity index (χ0) is 23.8. The molecule has 0 aliphatic carbocycles. The van der Waals surface area contributed by atoms with E-state index in [1.54, 1.807) is 24.4 Å². The van der Waals surface area contributed by atoms with E-state index in [-0.39, 0.29) is 53.4 Å². The second kappa shape index (κ2) is 8.81. The number of thioether (sulfide) groups is 1. The van der Waals surface area contributed by atoms with Gasteiger partial charge in [0, 0.05) is 40.4 Å². The van der Waals surface area contributed by atoms with Crippen LogP contribution in [0.15, 0.2) is 53.6 Å². The fourth-order valence-corrected chi connectivity index (χ4v) is 4.20. The molecular formula is C22H18F3N3O4S. The van der Waals surface area contributed by atoms with Crippen LogP contribution in [-0.4, -0.2) is 32.9 Å². The third-order valence-corrected chi connectivity index (χ3v) is 5.97. The van der Waals surface area contributed by atoms with Crippen LogP contribution in [0.4, 0.5) is 13.2 Å². The lowest BCUT2D eigenvalue weighted by Crippen LogP contribution is -2.41. The normalized spacial score (nSPS) is 16.6. The minimum absolute atomic E-state index is 0.00941.